The number of aliphatic imine (C=N–C) groups is 1. The van der Waals surface area contributed by atoms with E-state index in [4.69, 9.17) is 17.0 Å². The fourth-order valence-corrected chi connectivity index (χ4v) is 0.739. The summed E-state index contributed by atoms with van der Waals surface area (Å²) in [6.45, 7) is 6.22. The Balaban J connectivity index is 4.09. The van der Waals surface area contributed by atoms with Crippen molar-refractivity contribution in [3.63, 3.8) is 0 Å². The van der Waals surface area contributed by atoms with Gasteiger partial charge in [0, 0.05) is 5.71 Å². The van der Waals surface area contributed by atoms with Crippen molar-refractivity contribution in [2.45, 2.75) is 27.2 Å². The first-order valence-electron chi connectivity index (χ1n) is 3.75. The number of nitrogens with zero attached hydrogens (tertiary/aromatic N) is 1. The Bertz CT molecular complexity index is 165. The normalized spacial score (nSPS) is 14.4. The Morgan fingerprint density at radius 1 is 1.64 bits per heavy atom. The van der Waals surface area contributed by atoms with Crippen molar-refractivity contribution in [3.05, 3.63) is 0 Å². The highest BCUT2D eigenvalue weighted by atomic mass is 32.1. The summed E-state index contributed by atoms with van der Waals surface area (Å²) in [4.78, 5) is 4.09. The van der Waals surface area contributed by atoms with Crippen LogP contribution >= 0.6 is 12.2 Å². The van der Waals surface area contributed by atoms with Gasteiger partial charge in [-0.1, -0.05) is 13.8 Å². The molecule has 11 heavy (non-hydrogen) atoms. The maximum absolute atomic E-state index is 4.79. The number of hydrogen-bond donors (Lipinski definition) is 0. The van der Waals surface area contributed by atoms with E-state index in [1.807, 2.05) is 6.92 Å². The third-order valence-corrected chi connectivity index (χ3v) is 2.03. The maximum atomic E-state index is 4.79. The van der Waals surface area contributed by atoms with Crippen molar-refractivity contribution in [3.8, 4) is 0 Å². The van der Waals surface area contributed by atoms with Crippen LogP contribution in [0, 0.1) is 5.92 Å². The predicted molar refractivity (Wildman–Crippen MR) is 52.2 cm³/mol. The van der Waals surface area contributed by atoms with E-state index in [9.17, 15) is 0 Å². The number of ether oxygens (including phenoxy) is 1. The molecule has 0 aromatic carbocycles. The standard InChI is InChI=1S/C8H15NOS/c1-5-6(2)7(3)9-8(11)10-4/h6H,5H2,1-4H3. The lowest BCUT2D eigenvalue weighted by Crippen LogP contribution is -2.08. The second kappa shape index (κ2) is 5.24. The van der Waals surface area contributed by atoms with E-state index in [0.29, 0.717) is 11.1 Å². The van der Waals surface area contributed by atoms with Crippen LogP contribution < -0.4 is 0 Å². The van der Waals surface area contributed by atoms with Gasteiger partial charge >= 0.3 is 0 Å². The molecule has 1 atom stereocenters. The van der Waals surface area contributed by atoms with E-state index < -0.39 is 0 Å². The molecule has 3 heteroatoms. The Hall–Kier alpha value is -0.440. The van der Waals surface area contributed by atoms with Gasteiger partial charge in [0.05, 0.1) is 7.11 Å². The van der Waals surface area contributed by atoms with Crippen LogP contribution in [0.2, 0.25) is 0 Å². The van der Waals surface area contributed by atoms with E-state index in [0.717, 1.165) is 12.1 Å². The lowest BCUT2D eigenvalue weighted by molar-refractivity contribution is 0.408. The topological polar surface area (TPSA) is 21.6 Å². The van der Waals surface area contributed by atoms with Crippen LogP contribution in [0.4, 0.5) is 0 Å². The summed E-state index contributed by atoms with van der Waals surface area (Å²) in [5, 5.41) is 0.322. The molecule has 0 aromatic rings. The van der Waals surface area contributed by atoms with E-state index in [1.54, 1.807) is 0 Å². The smallest absolute Gasteiger partial charge is 0.283 e. The van der Waals surface area contributed by atoms with Crippen LogP contribution in [0.25, 0.3) is 0 Å². The van der Waals surface area contributed by atoms with Gasteiger partial charge in [0.25, 0.3) is 5.17 Å². The number of thiocarbonyl (C=S) groups is 1. The molecule has 0 saturated carbocycles. The van der Waals surface area contributed by atoms with E-state index in [-0.39, 0.29) is 0 Å². The summed E-state index contributed by atoms with van der Waals surface area (Å²) in [6, 6.07) is 0. The van der Waals surface area contributed by atoms with Gasteiger partial charge in [0.2, 0.25) is 0 Å². The zero-order valence-electron chi connectivity index (χ0n) is 7.55. The Kier molecular flexibility index (Phi) is 5.03. The number of rotatable bonds is 2. The molecule has 0 saturated heterocycles. The molecule has 0 aromatic heterocycles. The summed E-state index contributed by atoms with van der Waals surface area (Å²) in [5.41, 5.74) is 1.04. The fourth-order valence-electron chi connectivity index (χ4n) is 0.595. The fraction of sp³-hybridized carbons (Fsp3) is 0.750. The quantitative estimate of drug-likeness (QED) is 0.472. The van der Waals surface area contributed by atoms with Crippen molar-refractivity contribution in [2.24, 2.45) is 10.9 Å². The van der Waals surface area contributed by atoms with Crippen molar-refractivity contribution in [2.75, 3.05) is 7.11 Å². The van der Waals surface area contributed by atoms with E-state index in [1.165, 1.54) is 7.11 Å². The molecule has 0 aliphatic carbocycles. The highest BCUT2D eigenvalue weighted by molar-refractivity contribution is 7.80. The molecule has 0 spiro atoms. The predicted octanol–water partition coefficient (Wildman–Crippen LogP) is 2.42. The van der Waals surface area contributed by atoms with E-state index in [2.05, 4.69) is 18.8 Å². The van der Waals surface area contributed by atoms with Gasteiger partial charge in [-0.2, -0.15) is 0 Å². The van der Waals surface area contributed by atoms with Crippen LogP contribution in [0.5, 0.6) is 0 Å². The molecule has 1 unspecified atom stereocenters. The molecule has 0 N–H and O–H groups in total. The SMILES string of the molecule is CCC(C)C(C)=NC(=S)OC. The highest BCUT2D eigenvalue weighted by Gasteiger charge is 2.02. The van der Waals surface area contributed by atoms with Crippen LogP contribution in [-0.2, 0) is 4.74 Å². The Labute approximate surface area is 73.7 Å². The largest absolute Gasteiger partial charge is 0.473 e. The average molecular weight is 173 g/mol. The summed E-state index contributed by atoms with van der Waals surface area (Å²) >= 11 is 4.79. The maximum Gasteiger partial charge on any atom is 0.283 e. The van der Waals surface area contributed by atoms with Gasteiger partial charge in [-0.15, -0.1) is 0 Å². The molecule has 0 heterocycles. The Morgan fingerprint density at radius 3 is 2.55 bits per heavy atom. The van der Waals surface area contributed by atoms with Crippen LogP contribution in [0.3, 0.4) is 0 Å². The van der Waals surface area contributed by atoms with Gasteiger partial charge in [-0.3, -0.25) is 0 Å². The summed E-state index contributed by atoms with van der Waals surface area (Å²) in [5.74, 6) is 0.489. The first-order valence-corrected chi connectivity index (χ1v) is 4.15. The minimum absolute atomic E-state index is 0.322. The summed E-state index contributed by atoms with van der Waals surface area (Å²) in [6.07, 6.45) is 1.08. The van der Waals surface area contributed by atoms with Crippen LogP contribution in [-0.4, -0.2) is 18.0 Å². The van der Waals surface area contributed by atoms with Gasteiger partial charge in [-0.25, -0.2) is 4.99 Å². The van der Waals surface area contributed by atoms with Gasteiger partial charge in [-0.05, 0) is 31.5 Å². The zero-order valence-corrected chi connectivity index (χ0v) is 8.36. The molecular formula is C8H15NOS. The molecule has 0 rings (SSSR count). The zero-order chi connectivity index (χ0) is 8.85. The van der Waals surface area contributed by atoms with Crippen molar-refractivity contribution < 1.29 is 4.74 Å². The molecule has 2 nitrogen and oxygen atoms in total. The lowest BCUT2D eigenvalue weighted by atomic mass is 10.0. The number of hydrogen-bond acceptors (Lipinski definition) is 2. The summed E-state index contributed by atoms with van der Waals surface area (Å²) < 4.78 is 4.76. The summed E-state index contributed by atoms with van der Waals surface area (Å²) in [7, 11) is 1.54. The minimum Gasteiger partial charge on any atom is -0.473 e. The van der Waals surface area contributed by atoms with Crippen LogP contribution in [0.1, 0.15) is 27.2 Å². The third kappa shape index (κ3) is 4.09. The third-order valence-electron chi connectivity index (χ3n) is 1.77. The van der Waals surface area contributed by atoms with Gasteiger partial charge in [0.15, 0.2) is 0 Å². The molecule has 0 bridgehead atoms. The molecule has 0 amide bonds. The number of methoxy groups -OCH3 is 1. The van der Waals surface area contributed by atoms with Crippen molar-refractivity contribution in [1.29, 1.82) is 0 Å². The van der Waals surface area contributed by atoms with E-state index >= 15 is 0 Å². The lowest BCUT2D eigenvalue weighted by Gasteiger charge is -2.06. The molecule has 64 valence electrons. The molecule has 0 fully saturated rings. The molecule has 0 aliphatic rings. The monoisotopic (exact) mass is 173 g/mol. The van der Waals surface area contributed by atoms with Crippen molar-refractivity contribution >= 4 is 23.1 Å². The first-order chi connectivity index (χ1) is 5.11. The molecule has 0 radical (unpaired) electrons. The highest BCUT2D eigenvalue weighted by Crippen LogP contribution is 2.03. The second-order valence-electron chi connectivity index (χ2n) is 2.53. The molecular weight excluding hydrogens is 158 g/mol. The van der Waals surface area contributed by atoms with Crippen molar-refractivity contribution in [1.82, 2.24) is 0 Å². The average Bonchev–Trinajstić information content (AvgIpc) is 2.02. The first kappa shape index (κ1) is 10.6. The molecule has 0 aliphatic heterocycles. The minimum atomic E-state index is 0.322. The van der Waals surface area contributed by atoms with Gasteiger partial charge in [0.1, 0.15) is 0 Å². The second-order valence-corrected chi connectivity index (χ2v) is 2.88. The van der Waals surface area contributed by atoms with Crippen LogP contribution in [0.15, 0.2) is 4.99 Å². The van der Waals surface area contributed by atoms with Gasteiger partial charge < -0.3 is 4.74 Å². The Morgan fingerprint density at radius 2 is 2.18 bits per heavy atom.